The highest BCUT2D eigenvalue weighted by molar-refractivity contribution is 6.03. The van der Waals surface area contributed by atoms with E-state index in [1.54, 1.807) is 24.3 Å². The van der Waals surface area contributed by atoms with Crippen LogP contribution < -0.4 is 4.74 Å². The van der Waals surface area contributed by atoms with Crippen LogP contribution in [0.2, 0.25) is 0 Å². The molecule has 0 bridgehead atoms. The smallest absolute Gasteiger partial charge is 0.270 e. The summed E-state index contributed by atoms with van der Waals surface area (Å²) in [4.78, 5) is 26.0. The average molecular weight is 408 g/mol. The molecule has 0 unspecified atom stereocenters. The average Bonchev–Trinajstić information content (AvgIpc) is 3.44. The minimum absolute atomic E-state index is 0.0121. The van der Waals surface area contributed by atoms with Crippen LogP contribution in [0.3, 0.4) is 0 Å². The second-order valence-electron chi connectivity index (χ2n) is 7.57. The molecule has 2 aliphatic heterocycles. The van der Waals surface area contributed by atoms with Gasteiger partial charge in [0, 0.05) is 24.1 Å². The number of amides is 1. The number of non-ortho nitro benzene ring substituents is 1. The van der Waals surface area contributed by atoms with Gasteiger partial charge in [0.15, 0.2) is 0 Å². The maximum absolute atomic E-state index is 13.1. The Labute approximate surface area is 174 Å². The minimum atomic E-state index is -0.420. The molecule has 1 atom stereocenters. The fourth-order valence-electron chi connectivity index (χ4n) is 4.00. The van der Waals surface area contributed by atoms with Crippen molar-refractivity contribution in [1.29, 1.82) is 0 Å². The Morgan fingerprint density at radius 2 is 1.93 bits per heavy atom. The number of nitro benzene ring substituents is 1. The van der Waals surface area contributed by atoms with Crippen molar-refractivity contribution in [2.75, 3.05) is 26.7 Å². The van der Waals surface area contributed by atoms with Gasteiger partial charge in [-0.05, 0) is 43.6 Å². The number of hydrazone groups is 1. The largest absolute Gasteiger partial charge is 0.497 e. The summed E-state index contributed by atoms with van der Waals surface area (Å²) in [5.41, 5.74) is 2.31. The Hall–Kier alpha value is -3.26. The molecule has 8 nitrogen and oxygen atoms in total. The predicted molar refractivity (Wildman–Crippen MR) is 113 cm³/mol. The molecule has 2 aromatic carbocycles. The van der Waals surface area contributed by atoms with Crippen molar-refractivity contribution < 1.29 is 14.5 Å². The molecular weight excluding hydrogens is 384 g/mol. The van der Waals surface area contributed by atoms with E-state index in [1.165, 1.54) is 12.1 Å². The van der Waals surface area contributed by atoms with E-state index in [4.69, 9.17) is 4.74 Å². The number of likely N-dealkylation sites (tertiary alicyclic amines) is 1. The van der Waals surface area contributed by atoms with Crippen LogP contribution in [0.5, 0.6) is 5.75 Å². The fraction of sp³-hybridized carbons (Fsp3) is 0.364. The second-order valence-corrected chi connectivity index (χ2v) is 7.57. The van der Waals surface area contributed by atoms with Crippen LogP contribution in [0.25, 0.3) is 0 Å². The first-order valence-corrected chi connectivity index (χ1v) is 10.1. The zero-order valence-corrected chi connectivity index (χ0v) is 16.9. The van der Waals surface area contributed by atoms with Crippen molar-refractivity contribution in [1.82, 2.24) is 9.91 Å². The van der Waals surface area contributed by atoms with Crippen molar-refractivity contribution in [2.45, 2.75) is 25.3 Å². The lowest BCUT2D eigenvalue weighted by Crippen LogP contribution is -2.36. The molecule has 0 N–H and O–H groups in total. The Morgan fingerprint density at radius 1 is 1.20 bits per heavy atom. The Bertz CT molecular complexity index is 967. The van der Waals surface area contributed by atoms with E-state index in [9.17, 15) is 14.9 Å². The van der Waals surface area contributed by atoms with Crippen LogP contribution in [0.15, 0.2) is 53.6 Å². The summed E-state index contributed by atoms with van der Waals surface area (Å²) >= 11 is 0. The summed E-state index contributed by atoms with van der Waals surface area (Å²) in [5.74, 6) is 0.685. The van der Waals surface area contributed by atoms with Gasteiger partial charge in [0.2, 0.25) is 0 Å². The van der Waals surface area contributed by atoms with E-state index in [2.05, 4.69) is 10.0 Å². The molecule has 2 aliphatic rings. The van der Waals surface area contributed by atoms with Gasteiger partial charge >= 0.3 is 0 Å². The van der Waals surface area contributed by atoms with Gasteiger partial charge in [0.25, 0.3) is 11.6 Å². The topological polar surface area (TPSA) is 88.3 Å². The number of hydrogen-bond acceptors (Lipinski definition) is 6. The van der Waals surface area contributed by atoms with Crippen LogP contribution in [0, 0.1) is 10.1 Å². The van der Waals surface area contributed by atoms with Gasteiger partial charge in [-0.3, -0.25) is 19.8 Å². The molecule has 0 aromatic heterocycles. The van der Waals surface area contributed by atoms with Gasteiger partial charge in [-0.1, -0.05) is 24.3 Å². The Kier molecular flexibility index (Phi) is 5.76. The molecule has 0 aliphatic carbocycles. The number of carbonyl (C=O) groups is 1. The number of nitro groups is 1. The van der Waals surface area contributed by atoms with E-state index in [-0.39, 0.29) is 17.6 Å². The molecule has 2 heterocycles. The summed E-state index contributed by atoms with van der Waals surface area (Å²) in [6.45, 7) is 2.18. The molecule has 1 amide bonds. The number of ether oxygens (including phenoxy) is 1. The maximum atomic E-state index is 13.1. The number of nitrogens with zero attached hydrogens (tertiary/aromatic N) is 4. The number of carbonyl (C=O) groups excluding carboxylic acids is 1. The first kappa shape index (κ1) is 20.0. The van der Waals surface area contributed by atoms with Gasteiger partial charge in [-0.25, -0.2) is 5.01 Å². The third-order valence-electron chi connectivity index (χ3n) is 5.61. The van der Waals surface area contributed by atoms with Gasteiger partial charge in [-0.2, -0.15) is 5.10 Å². The monoisotopic (exact) mass is 408 g/mol. The lowest BCUT2D eigenvalue weighted by Gasteiger charge is -2.24. The van der Waals surface area contributed by atoms with E-state index < -0.39 is 4.92 Å². The van der Waals surface area contributed by atoms with Crippen molar-refractivity contribution in [3.63, 3.8) is 0 Å². The minimum Gasteiger partial charge on any atom is -0.497 e. The number of hydrogen-bond donors (Lipinski definition) is 0. The van der Waals surface area contributed by atoms with Crippen LogP contribution in [0.1, 0.15) is 36.4 Å². The molecule has 0 saturated carbocycles. The number of methoxy groups -OCH3 is 1. The number of benzene rings is 2. The summed E-state index contributed by atoms with van der Waals surface area (Å²) in [6, 6.07) is 13.8. The van der Waals surface area contributed by atoms with Crippen LogP contribution in [-0.2, 0) is 4.79 Å². The van der Waals surface area contributed by atoms with Crippen LogP contribution in [0.4, 0.5) is 5.69 Å². The zero-order valence-electron chi connectivity index (χ0n) is 16.9. The first-order chi connectivity index (χ1) is 14.5. The number of rotatable bonds is 6. The third kappa shape index (κ3) is 4.18. The van der Waals surface area contributed by atoms with Gasteiger partial charge in [0.1, 0.15) is 5.75 Å². The standard InChI is InChI=1S/C22H24N4O4/c1-30-19-9-7-16(8-10-19)21-14-20(17-5-4-6-18(13-17)26(28)29)23-25(21)22(27)15-24-11-2-3-12-24/h4-10,13,21H,2-3,11-12,14-15H2,1H3/t21-/m1/s1. The van der Waals surface area contributed by atoms with Gasteiger partial charge < -0.3 is 4.74 Å². The maximum Gasteiger partial charge on any atom is 0.270 e. The first-order valence-electron chi connectivity index (χ1n) is 10.1. The third-order valence-corrected chi connectivity index (χ3v) is 5.61. The molecule has 0 radical (unpaired) electrons. The molecule has 1 saturated heterocycles. The van der Waals surface area contributed by atoms with Crippen LogP contribution in [-0.4, -0.2) is 53.2 Å². The SMILES string of the molecule is COc1ccc([C@H]2CC(c3cccc([N+](=O)[O-])c3)=NN2C(=O)CN2CCCC2)cc1. The zero-order chi connectivity index (χ0) is 21.1. The fourth-order valence-corrected chi connectivity index (χ4v) is 4.00. The van der Waals surface area contributed by atoms with E-state index in [0.717, 1.165) is 37.2 Å². The predicted octanol–water partition coefficient (Wildman–Crippen LogP) is 3.38. The quantitative estimate of drug-likeness (QED) is 0.540. The molecule has 8 heteroatoms. The van der Waals surface area contributed by atoms with Crippen molar-refractivity contribution in [3.05, 3.63) is 69.8 Å². The molecule has 4 rings (SSSR count). The molecular formula is C22H24N4O4. The molecule has 2 aromatic rings. The highest BCUT2D eigenvalue weighted by atomic mass is 16.6. The van der Waals surface area contributed by atoms with Crippen molar-refractivity contribution >= 4 is 17.3 Å². The molecule has 156 valence electrons. The highest BCUT2D eigenvalue weighted by Gasteiger charge is 2.34. The Balaban J connectivity index is 1.63. The lowest BCUT2D eigenvalue weighted by atomic mass is 9.98. The Morgan fingerprint density at radius 3 is 2.60 bits per heavy atom. The normalized spacial score (nSPS) is 19.0. The van der Waals surface area contributed by atoms with E-state index >= 15 is 0 Å². The van der Waals surface area contributed by atoms with Crippen LogP contribution >= 0.6 is 0 Å². The summed E-state index contributed by atoms with van der Waals surface area (Å²) in [6.07, 6.45) is 2.72. The molecule has 1 fully saturated rings. The van der Waals surface area contributed by atoms with E-state index in [1.807, 2.05) is 24.3 Å². The highest BCUT2D eigenvalue weighted by Crippen LogP contribution is 2.34. The van der Waals surface area contributed by atoms with Gasteiger partial charge in [-0.15, -0.1) is 0 Å². The summed E-state index contributed by atoms with van der Waals surface area (Å²) in [5, 5.41) is 17.3. The molecule has 0 spiro atoms. The van der Waals surface area contributed by atoms with Gasteiger partial charge in [0.05, 0.1) is 30.3 Å². The second kappa shape index (κ2) is 8.62. The summed E-state index contributed by atoms with van der Waals surface area (Å²) in [7, 11) is 1.61. The van der Waals surface area contributed by atoms with Crippen molar-refractivity contribution in [3.8, 4) is 5.75 Å². The molecule has 30 heavy (non-hydrogen) atoms. The van der Waals surface area contributed by atoms with Crippen molar-refractivity contribution in [2.24, 2.45) is 5.10 Å². The lowest BCUT2D eigenvalue weighted by molar-refractivity contribution is -0.384. The summed E-state index contributed by atoms with van der Waals surface area (Å²) < 4.78 is 5.24. The van der Waals surface area contributed by atoms with E-state index in [0.29, 0.717) is 24.2 Å².